The second-order valence-electron chi connectivity index (χ2n) is 5.74. The third-order valence-corrected chi connectivity index (χ3v) is 14.0. The summed E-state index contributed by atoms with van der Waals surface area (Å²) in [6.45, 7) is 0.740. The number of hydrogen-bond donors (Lipinski definition) is 5. The second kappa shape index (κ2) is 31.5. The van der Waals surface area contributed by atoms with Crippen molar-refractivity contribution in [1.82, 2.24) is 16.0 Å². The van der Waals surface area contributed by atoms with Crippen LogP contribution in [0.1, 0.15) is 0 Å². The fourth-order valence-electron chi connectivity index (χ4n) is 1.56. The molecule has 1 atom stereocenters. The maximum atomic E-state index is 11.9. The quantitative estimate of drug-likeness (QED) is 0.0309. The minimum absolute atomic E-state index is 0.00918. The van der Waals surface area contributed by atoms with E-state index in [2.05, 4.69) is 20.9 Å². The molecule has 0 bridgehead atoms. The third-order valence-electron chi connectivity index (χ3n) is 2.95. The van der Waals surface area contributed by atoms with Crippen LogP contribution in [0.25, 0.3) is 0 Å². The van der Waals surface area contributed by atoms with Crippen LogP contribution in [0.15, 0.2) is 4.99 Å². The molecule has 19 heteroatoms. The van der Waals surface area contributed by atoms with Crippen molar-refractivity contribution in [2.24, 2.45) is 4.99 Å². The lowest BCUT2D eigenvalue weighted by atomic mass is 10.7. The number of nitrogens with zero attached hydrogens (tertiary/aromatic N) is 1. The molecule has 1 unspecified atom stereocenters. The molecule has 0 aromatic carbocycles. The molecule has 0 aromatic heterocycles. The molecule has 9 nitrogen and oxygen atoms in total. The Hall–Kier alpha value is 1.95. The SMILES string of the molecule is O=C(NCSCSC/N=C/[S+]([O-])CSCSCSCSC(=O)NCSCSCNCCO)SCCO. The summed E-state index contributed by atoms with van der Waals surface area (Å²) in [5.41, 5.74) is 1.50. The third kappa shape index (κ3) is 30.5. The van der Waals surface area contributed by atoms with Gasteiger partial charge in [0, 0.05) is 54.8 Å². The van der Waals surface area contributed by atoms with Crippen molar-refractivity contribution in [1.29, 1.82) is 0 Å². The summed E-state index contributed by atoms with van der Waals surface area (Å²) in [6, 6.07) is 0. The van der Waals surface area contributed by atoms with Crippen LogP contribution in [0.3, 0.4) is 0 Å². The van der Waals surface area contributed by atoms with Crippen LogP contribution in [-0.4, -0.2) is 110 Å². The number of hydrogen-bond acceptors (Lipinski definition) is 16. The fourth-order valence-corrected chi connectivity index (χ4v) is 11.1. The van der Waals surface area contributed by atoms with Crippen LogP contribution in [0.4, 0.5) is 9.59 Å². The van der Waals surface area contributed by atoms with E-state index in [0.717, 1.165) is 38.0 Å². The van der Waals surface area contributed by atoms with Crippen LogP contribution in [0.5, 0.6) is 0 Å². The zero-order chi connectivity index (χ0) is 26.5. The van der Waals surface area contributed by atoms with Crippen molar-refractivity contribution in [2.75, 3.05) is 79.5 Å². The van der Waals surface area contributed by atoms with Crippen molar-refractivity contribution in [2.45, 2.75) is 0 Å². The van der Waals surface area contributed by atoms with Gasteiger partial charge in [-0.05, 0) is 0 Å². The number of nitrogens with one attached hydrogen (secondary N) is 3. The Bertz CT molecular complexity index is 560. The van der Waals surface area contributed by atoms with E-state index in [0.29, 0.717) is 40.1 Å². The maximum Gasteiger partial charge on any atom is 0.280 e. The first-order valence-electron chi connectivity index (χ1n) is 10.2. The van der Waals surface area contributed by atoms with Crippen molar-refractivity contribution in [3.63, 3.8) is 0 Å². The number of aliphatic hydroxyl groups is 2. The van der Waals surface area contributed by atoms with Crippen LogP contribution in [0.2, 0.25) is 0 Å². The van der Waals surface area contributed by atoms with Crippen LogP contribution in [0, 0.1) is 0 Å². The highest BCUT2D eigenvalue weighted by molar-refractivity contribution is 8.30. The van der Waals surface area contributed by atoms with Gasteiger partial charge < -0.3 is 30.7 Å². The van der Waals surface area contributed by atoms with Gasteiger partial charge in [0.15, 0.2) is 5.08 Å². The van der Waals surface area contributed by atoms with E-state index in [1.807, 2.05) is 0 Å². The smallest absolute Gasteiger partial charge is 0.280 e. The standard InChI is InChI=1S/C17H34N4O5S10/c22-2-1-18-5-27-10-30-8-21-17(25)35-14-32-12-31-13-33-15-36(26)9-19-6-28-11-29-7-20-16(24)34-4-3-23/h9,18,22-23H,1-8,10-15H2,(H,20,24)(H,21,25)/b19-9+. The van der Waals surface area contributed by atoms with Crippen LogP contribution >= 0.6 is 106 Å². The van der Waals surface area contributed by atoms with Gasteiger partial charge in [-0.15, -0.1) is 70.6 Å². The first-order chi connectivity index (χ1) is 17.6. The second-order valence-corrected chi connectivity index (χ2v) is 18.1. The van der Waals surface area contributed by atoms with Gasteiger partial charge in [-0.3, -0.25) is 9.59 Å². The van der Waals surface area contributed by atoms with Gasteiger partial charge >= 0.3 is 0 Å². The lowest BCUT2D eigenvalue weighted by molar-refractivity contribution is 0.261. The van der Waals surface area contributed by atoms with E-state index >= 15 is 0 Å². The summed E-state index contributed by atoms with van der Waals surface area (Å²) in [4.78, 5) is 27.2. The van der Waals surface area contributed by atoms with E-state index in [4.69, 9.17) is 10.2 Å². The molecular weight excluding hydrogens is 661 g/mol. The number of amides is 2. The van der Waals surface area contributed by atoms with Gasteiger partial charge in [-0.2, -0.15) is 0 Å². The first kappa shape index (κ1) is 38.0. The Morgan fingerprint density at radius 3 is 2.11 bits per heavy atom. The van der Waals surface area contributed by atoms with E-state index in [-0.39, 0.29) is 23.7 Å². The summed E-state index contributed by atoms with van der Waals surface area (Å²) >= 11 is 12.8. The molecule has 0 aromatic rings. The van der Waals surface area contributed by atoms with Crippen molar-refractivity contribution in [3.8, 4) is 0 Å². The van der Waals surface area contributed by atoms with E-state index in [9.17, 15) is 14.1 Å². The summed E-state index contributed by atoms with van der Waals surface area (Å²) in [5.74, 6) is 2.84. The molecule has 36 heavy (non-hydrogen) atoms. The molecule has 0 fully saturated rings. The van der Waals surface area contributed by atoms with Crippen molar-refractivity contribution in [3.05, 3.63) is 0 Å². The summed E-state index contributed by atoms with van der Waals surface area (Å²) in [6.07, 6.45) is 0. The Kier molecular flexibility index (Phi) is 33.2. The van der Waals surface area contributed by atoms with Gasteiger partial charge in [0.1, 0.15) is 0 Å². The van der Waals surface area contributed by atoms with Crippen LogP contribution < -0.4 is 16.0 Å². The predicted octanol–water partition coefficient (Wildman–Crippen LogP) is 3.93. The molecule has 0 radical (unpaired) electrons. The zero-order valence-corrected chi connectivity index (χ0v) is 27.8. The number of aliphatic imine (C=N–C) groups is 1. The molecule has 0 rings (SSSR count). The molecule has 5 N–H and O–H groups in total. The Labute approximate surface area is 255 Å². The predicted molar refractivity (Wildman–Crippen MR) is 178 cm³/mol. The minimum atomic E-state index is -1.08. The first-order valence-corrected chi connectivity index (χ1v) is 21.7. The minimum Gasteiger partial charge on any atom is -0.610 e. The van der Waals surface area contributed by atoms with Gasteiger partial charge in [0.05, 0.1) is 30.8 Å². The van der Waals surface area contributed by atoms with E-state index in [1.165, 1.54) is 17.3 Å². The van der Waals surface area contributed by atoms with Crippen molar-refractivity contribution < 1.29 is 24.4 Å². The van der Waals surface area contributed by atoms with Gasteiger partial charge in [0.25, 0.3) is 10.5 Å². The van der Waals surface area contributed by atoms with E-state index < -0.39 is 11.2 Å². The highest BCUT2D eigenvalue weighted by Gasteiger charge is 2.04. The number of thioether (sulfide) groups is 9. The number of carbonyl (C=O) groups is 2. The number of rotatable bonds is 25. The lowest BCUT2D eigenvalue weighted by Gasteiger charge is -2.06. The van der Waals surface area contributed by atoms with Crippen molar-refractivity contribution >= 4 is 133 Å². The Balaban J connectivity index is 3.37. The fraction of sp³-hybridized carbons (Fsp3) is 0.824. The molecule has 0 heterocycles. The number of carbonyl (C=O) groups excluding carboxylic acids is 2. The molecule has 212 valence electrons. The summed E-state index contributed by atoms with van der Waals surface area (Å²) in [5, 5.41) is 30.5. The molecule has 0 aliphatic heterocycles. The number of aliphatic hydroxyl groups excluding tert-OH is 2. The average Bonchev–Trinajstić information content (AvgIpc) is 2.87. The summed E-state index contributed by atoms with van der Waals surface area (Å²) < 4.78 is 11.9. The highest BCUT2D eigenvalue weighted by atomic mass is 32.3. The molecule has 0 spiro atoms. The summed E-state index contributed by atoms with van der Waals surface area (Å²) in [7, 11) is 0. The van der Waals surface area contributed by atoms with Gasteiger partial charge in [-0.1, -0.05) is 35.3 Å². The average molecular weight is 695 g/mol. The molecule has 0 saturated heterocycles. The van der Waals surface area contributed by atoms with E-state index in [1.54, 1.807) is 82.3 Å². The largest absolute Gasteiger partial charge is 0.610 e. The Morgan fingerprint density at radius 1 is 0.778 bits per heavy atom. The topological polar surface area (TPSA) is 146 Å². The normalized spacial score (nSPS) is 12.2. The molecule has 0 aliphatic carbocycles. The monoisotopic (exact) mass is 694 g/mol. The van der Waals surface area contributed by atoms with Gasteiger partial charge in [0.2, 0.25) is 5.55 Å². The Morgan fingerprint density at radius 2 is 1.39 bits per heavy atom. The molecule has 0 aliphatic rings. The lowest BCUT2D eigenvalue weighted by Crippen LogP contribution is -2.19. The van der Waals surface area contributed by atoms with Gasteiger partial charge in [-0.25, -0.2) is 4.99 Å². The maximum absolute atomic E-state index is 11.9. The highest BCUT2D eigenvalue weighted by Crippen LogP contribution is 2.22. The van der Waals surface area contributed by atoms with Crippen LogP contribution in [-0.2, 0) is 11.2 Å². The molecular formula is C17H34N4O5S10. The molecule has 0 saturated carbocycles. The zero-order valence-electron chi connectivity index (χ0n) is 19.6. The molecule has 2 amide bonds.